The Hall–Kier alpha value is -1.08. The Morgan fingerprint density at radius 1 is 1.50 bits per heavy atom. The van der Waals surface area contributed by atoms with Crippen LogP contribution < -0.4 is 5.32 Å². The van der Waals surface area contributed by atoms with Gasteiger partial charge in [-0.3, -0.25) is 0 Å². The SMILES string of the molecule is C#CCC(CC)Nc1nc(C(C)(C)C)ns1. The Balaban J connectivity index is 2.69. The highest BCUT2D eigenvalue weighted by molar-refractivity contribution is 7.09. The Morgan fingerprint density at radius 2 is 2.19 bits per heavy atom. The van der Waals surface area contributed by atoms with Crippen LogP contribution in [0.1, 0.15) is 46.4 Å². The Bertz CT molecular complexity index is 370. The van der Waals surface area contributed by atoms with E-state index in [4.69, 9.17) is 6.42 Å². The van der Waals surface area contributed by atoms with E-state index in [0.29, 0.717) is 6.04 Å². The topological polar surface area (TPSA) is 37.8 Å². The summed E-state index contributed by atoms with van der Waals surface area (Å²) in [6.07, 6.45) is 7.03. The zero-order chi connectivity index (χ0) is 12.2. The van der Waals surface area contributed by atoms with Crippen LogP contribution in [0.15, 0.2) is 0 Å². The van der Waals surface area contributed by atoms with Crippen LogP contribution in [0, 0.1) is 12.3 Å². The Kier molecular flexibility index (Phi) is 4.31. The molecule has 1 aromatic heterocycles. The summed E-state index contributed by atoms with van der Waals surface area (Å²) in [4.78, 5) is 4.48. The van der Waals surface area contributed by atoms with Crippen LogP contribution in [-0.2, 0) is 5.41 Å². The van der Waals surface area contributed by atoms with Crippen LogP contribution in [-0.4, -0.2) is 15.4 Å². The van der Waals surface area contributed by atoms with Gasteiger partial charge in [-0.15, -0.1) is 12.3 Å². The summed E-state index contributed by atoms with van der Waals surface area (Å²) in [6, 6.07) is 0.297. The monoisotopic (exact) mass is 237 g/mol. The first-order chi connectivity index (χ1) is 7.47. The molecule has 1 N–H and O–H groups in total. The molecule has 1 aromatic rings. The van der Waals surface area contributed by atoms with Crippen LogP contribution in [0.3, 0.4) is 0 Å². The van der Waals surface area contributed by atoms with Gasteiger partial charge in [-0.2, -0.15) is 4.37 Å². The molecular formula is C12H19N3S. The molecule has 0 amide bonds. The van der Waals surface area contributed by atoms with Crippen LogP contribution in [0.5, 0.6) is 0 Å². The van der Waals surface area contributed by atoms with E-state index in [1.54, 1.807) is 0 Å². The minimum atomic E-state index is 0.00422. The molecule has 0 aliphatic carbocycles. The van der Waals surface area contributed by atoms with Crippen molar-refractivity contribution in [2.75, 3.05) is 5.32 Å². The van der Waals surface area contributed by atoms with Crippen molar-refractivity contribution >= 4 is 16.7 Å². The lowest BCUT2D eigenvalue weighted by atomic mass is 9.96. The van der Waals surface area contributed by atoms with Crippen molar-refractivity contribution in [1.82, 2.24) is 9.36 Å². The smallest absolute Gasteiger partial charge is 0.202 e. The summed E-state index contributed by atoms with van der Waals surface area (Å²) < 4.78 is 4.35. The third-order valence-corrected chi connectivity index (χ3v) is 2.93. The third kappa shape index (κ3) is 3.49. The third-order valence-electron chi connectivity index (χ3n) is 2.28. The lowest BCUT2D eigenvalue weighted by Crippen LogP contribution is -2.18. The molecule has 0 fully saturated rings. The van der Waals surface area contributed by atoms with E-state index < -0.39 is 0 Å². The molecule has 1 atom stereocenters. The molecule has 0 aliphatic rings. The standard InChI is InChI=1S/C12H19N3S/c1-6-8-9(7-2)13-11-14-10(15-16-11)12(3,4)5/h1,9H,7-8H2,2-5H3,(H,13,14,15). The highest BCUT2D eigenvalue weighted by Crippen LogP contribution is 2.23. The number of nitrogens with one attached hydrogen (secondary N) is 1. The second kappa shape index (κ2) is 5.31. The first-order valence-corrected chi connectivity index (χ1v) is 6.29. The molecule has 1 heterocycles. The maximum absolute atomic E-state index is 5.31. The largest absolute Gasteiger partial charge is 0.357 e. The maximum Gasteiger partial charge on any atom is 0.202 e. The van der Waals surface area contributed by atoms with Gasteiger partial charge >= 0.3 is 0 Å². The minimum absolute atomic E-state index is 0.00422. The van der Waals surface area contributed by atoms with Crippen molar-refractivity contribution in [3.8, 4) is 12.3 Å². The number of anilines is 1. The number of rotatable bonds is 4. The van der Waals surface area contributed by atoms with Crippen molar-refractivity contribution in [3.05, 3.63) is 5.82 Å². The van der Waals surface area contributed by atoms with E-state index in [-0.39, 0.29) is 5.41 Å². The quantitative estimate of drug-likeness (QED) is 0.818. The van der Waals surface area contributed by atoms with Gasteiger partial charge in [0.15, 0.2) is 0 Å². The van der Waals surface area contributed by atoms with Gasteiger partial charge in [0.05, 0.1) is 0 Å². The second-order valence-electron chi connectivity index (χ2n) is 4.83. The van der Waals surface area contributed by atoms with Crippen LogP contribution in [0.25, 0.3) is 0 Å². The Labute approximate surface area is 102 Å². The predicted octanol–water partition coefficient (Wildman–Crippen LogP) is 3.05. The minimum Gasteiger partial charge on any atom is -0.357 e. The van der Waals surface area contributed by atoms with Crippen LogP contribution in [0.2, 0.25) is 0 Å². The number of hydrogen-bond acceptors (Lipinski definition) is 4. The molecule has 0 saturated carbocycles. The van der Waals surface area contributed by atoms with Gasteiger partial charge in [0.2, 0.25) is 5.13 Å². The molecule has 16 heavy (non-hydrogen) atoms. The van der Waals surface area contributed by atoms with Gasteiger partial charge in [0, 0.05) is 29.4 Å². The predicted molar refractivity (Wildman–Crippen MR) is 69.8 cm³/mol. The number of aromatic nitrogens is 2. The maximum atomic E-state index is 5.31. The lowest BCUT2D eigenvalue weighted by Gasteiger charge is -2.14. The highest BCUT2D eigenvalue weighted by Gasteiger charge is 2.20. The average Bonchev–Trinajstić information content (AvgIpc) is 2.65. The van der Waals surface area contributed by atoms with Gasteiger partial charge in [-0.05, 0) is 6.42 Å². The highest BCUT2D eigenvalue weighted by atomic mass is 32.1. The normalized spacial score (nSPS) is 13.2. The Morgan fingerprint density at radius 3 is 2.62 bits per heavy atom. The van der Waals surface area contributed by atoms with Gasteiger partial charge in [-0.25, -0.2) is 4.98 Å². The summed E-state index contributed by atoms with van der Waals surface area (Å²) in [6.45, 7) is 8.44. The molecule has 0 spiro atoms. The van der Waals surface area contributed by atoms with E-state index in [0.717, 1.165) is 23.8 Å². The van der Waals surface area contributed by atoms with Crippen LogP contribution in [0.4, 0.5) is 5.13 Å². The summed E-state index contributed by atoms with van der Waals surface area (Å²) in [5.41, 5.74) is 0.00422. The first kappa shape index (κ1) is 13.0. The molecular weight excluding hydrogens is 218 g/mol. The fraction of sp³-hybridized carbons (Fsp3) is 0.667. The van der Waals surface area contributed by atoms with Crippen molar-refractivity contribution in [1.29, 1.82) is 0 Å². The molecule has 88 valence electrons. The van der Waals surface area contributed by atoms with E-state index in [1.165, 1.54) is 11.5 Å². The van der Waals surface area contributed by atoms with Gasteiger partial charge in [0.25, 0.3) is 0 Å². The number of hydrogen-bond donors (Lipinski definition) is 1. The van der Waals surface area contributed by atoms with Gasteiger partial charge < -0.3 is 5.32 Å². The van der Waals surface area contributed by atoms with Crippen LogP contribution >= 0.6 is 11.5 Å². The zero-order valence-corrected chi connectivity index (χ0v) is 11.2. The molecule has 0 saturated heterocycles. The van der Waals surface area contributed by atoms with E-state index in [9.17, 15) is 0 Å². The van der Waals surface area contributed by atoms with Crippen molar-refractivity contribution in [2.24, 2.45) is 0 Å². The fourth-order valence-corrected chi connectivity index (χ4v) is 2.04. The molecule has 0 aliphatic heterocycles. The summed E-state index contributed by atoms with van der Waals surface area (Å²) >= 11 is 1.41. The van der Waals surface area contributed by atoms with Crippen molar-refractivity contribution in [2.45, 2.75) is 52.0 Å². The van der Waals surface area contributed by atoms with E-state index in [1.807, 2.05) is 0 Å². The molecule has 1 unspecified atom stereocenters. The van der Waals surface area contributed by atoms with E-state index in [2.05, 4.69) is 48.3 Å². The van der Waals surface area contributed by atoms with Crippen molar-refractivity contribution < 1.29 is 0 Å². The molecule has 4 heteroatoms. The molecule has 0 aromatic carbocycles. The first-order valence-electron chi connectivity index (χ1n) is 5.51. The van der Waals surface area contributed by atoms with Gasteiger partial charge in [-0.1, -0.05) is 27.7 Å². The summed E-state index contributed by atoms with van der Waals surface area (Å²) in [5.74, 6) is 3.55. The molecule has 0 radical (unpaired) electrons. The fourth-order valence-electron chi connectivity index (χ4n) is 1.20. The number of terminal acetylenes is 1. The lowest BCUT2D eigenvalue weighted by molar-refractivity contribution is 0.554. The second-order valence-corrected chi connectivity index (χ2v) is 5.58. The summed E-state index contributed by atoms with van der Waals surface area (Å²) in [5, 5.41) is 4.19. The molecule has 0 bridgehead atoms. The summed E-state index contributed by atoms with van der Waals surface area (Å²) in [7, 11) is 0. The molecule has 1 rings (SSSR count). The van der Waals surface area contributed by atoms with E-state index >= 15 is 0 Å². The number of nitrogens with zero attached hydrogens (tertiary/aromatic N) is 2. The average molecular weight is 237 g/mol. The molecule has 3 nitrogen and oxygen atoms in total. The van der Waals surface area contributed by atoms with Crippen molar-refractivity contribution in [3.63, 3.8) is 0 Å². The van der Waals surface area contributed by atoms with Gasteiger partial charge in [0.1, 0.15) is 5.82 Å². The zero-order valence-electron chi connectivity index (χ0n) is 10.4.